The predicted octanol–water partition coefficient (Wildman–Crippen LogP) is 3.89. The van der Waals surface area contributed by atoms with Gasteiger partial charge < -0.3 is 23.0 Å². The molecule has 0 aromatic heterocycles. The van der Waals surface area contributed by atoms with E-state index in [0.29, 0.717) is 0 Å². The SMILES string of the molecule is CCCCCCCC(NC(CC)[Si](C)(OC)OC)[Si](C)(OC)OC. The molecule has 0 saturated heterocycles. The summed E-state index contributed by atoms with van der Waals surface area (Å²) in [5.74, 6) is 0. The van der Waals surface area contributed by atoms with Crippen LogP contribution in [0.5, 0.6) is 0 Å². The van der Waals surface area contributed by atoms with Crippen LogP contribution in [0.4, 0.5) is 0 Å². The van der Waals surface area contributed by atoms with E-state index in [1.165, 1.54) is 32.1 Å². The Morgan fingerprint density at radius 1 is 0.708 bits per heavy atom. The van der Waals surface area contributed by atoms with Crippen LogP contribution in [-0.2, 0) is 17.7 Å². The molecular formula is C17H41NO4Si2. The Morgan fingerprint density at radius 2 is 1.17 bits per heavy atom. The highest BCUT2D eigenvalue weighted by atomic mass is 28.4. The maximum atomic E-state index is 5.84. The molecular weight excluding hydrogens is 338 g/mol. The molecule has 0 spiro atoms. The Hall–Kier alpha value is 0.234. The highest BCUT2D eigenvalue weighted by Gasteiger charge is 2.45. The minimum Gasteiger partial charge on any atom is -0.397 e. The van der Waals surface area contributed by atoms with E-state index in [0.717, 1.165) is 12.8 Å². The number of hydrogen-bond donors (Lipinski definition) is 1. The summed E-state index contributed by atoms with van der Waals surface area (Å²) in [5.41, 5.74) is 0.446. The maximum Gasteiger partial charge on any atom is 0.351 e. The van der Waals surface area contributed by atoms with Crippen LogP contribution in [0.2, 0.25) is 13.1 Å². The lowest BCUT2D eigenvalue weighted by molar-refractivity contribution is 0.206. The lowest BCUT2D eigenvalue weighted by Crippen LogP contribution is -2.65. The van der Waals surface area contributed by atoms with Gasteiger partial charge in [0.15, 0.2) is 0 Å². The summed E-state index contributed by atoms with van der Waals surface area (Å²) < 4.78 is 23.2. The monoisotopic (exact) mass is 379 g/mol. The van der Waals surface area contributed by atoms with E-state index in [4.69, 9.17) is 17.7 Å². The Kier molecular flexibility index (Phi) is 12.7. The molecule has 2 atom stereocenters. The van der Waals surface area contributed by atoms with Gasteiger partial charge >= 0.3 is 17.1 Å². The van der Waals surface area contributed by atoms with Crippen molar-refractivity contribution >= 4 is 17.1 Å². The van der Waals surface area contributed by atoms with Gasteiger partial charge in [-0.15, -0.1) is 0 Å². The molecule has 0 saturated carbocycles. The molecule has 24 heavy (non-hydrogen) atoms. The molecule has 0 amide bonds. The van der Waals surface area contributed by atoms with Gasteiger partial charge in [-0.05, 0) is 25.9 Å². The molecule has 0 aromatic carbocycles. The van der Waals surface area contributed by atoms with E-state index in [1.807, 2.05) is 0 Å². The van der Waals surface area contributed by atoms with Crippen molar-refractivity contribution < 1.29 is 17.7 Å². The zero-order chi connectivity index (χ0) is 18.6. The number of hydrogen-bond acceptors (Lipinski definition) is 5. The molecule has 5 nitrogen and oxygen atoms in total. The minimum absolute atomic E-state index is 0.213. The topological polar surface area (TPSA) is 49.0 Å². The minimum atomic E-state index is -2.28. The summed E-state index contributed by atoms with van der Waals surface area (Å²) >= 11 is 0. The van der Waals surface area contributed by atoms with Crippen molar-refractivity contribution in [2.45, 2.75) is 83.2 Å². The van der Waals surface area contributed by atoms with Crippen LogP contribution < -0.4 is 5.32 Å². The van der Waals surface area contributed by atoms with Gasteiger partial charge in [0.25, 0.3) is 0 Å². The van der Waals surface area contributed by atoms with Gasteiger partial charge in [0.2, 0.25) is 0 Å². The largest absolute Gasteiger partial charge is 0.397 e. The molecule has 0 aromatic rings. The molecule has 146 valence electrons. The van der Waals surface area contributed by atoms with Gasteiger partial charge in [0, 0.05) is 28.4 Å². The Balaban J connectivity index is 5.03. The van der Waals surface area contributed by atoms with E-state index in [9.17, 15) is 0 Å². The zero-order valence-corrected chi connectivity index (χ0v) is 19.2. The summed E-state index contributed by atoms with van der Waals surface area (Å²) in [5, 5.41) is 3.80. The summed E-state index contributed by atoms with van der Waals surface area (Å²) in [6, 6.07) is 0. The van der Waals surface area contributed by atoms with E-state index >= 15 is 0 Å². The fourth-order valence-electron chi connectivity index (χ4n) is 3.07. The maximum absolute atomic E-state index is 5.84. The smallest absolute Gasteiger partial charge is 0.351 e. The van der Waals surface area contributed by atoms with E-state index in [2.05, 4.69) is 32.3 Å². The van der Waals surface area contributed by atoms with Crippen LogP contribution in [-0.4, -0.2) is 56.9 Å². The fraction of sp³-hybridized carbons (Fsp3) is 1.00. The first-order valence-corrected chi connectivity index (χ1v) is 14.1. The van der Waals surface area contributed by atoms with E-state index in [-0.39, 0.29) is 11.3 Å². The second-order valence-electron chi connectivity index (χ2n) is 6.73. The summed E-state index contributed by atoms with van der Waals surface area (Å²) in [6.07, 6.45) is 8.40. The first-order chi connectivity index (χ1) is 11.4. The van der Waals surface area contributed by atoms with Crippen molar-refractivity contribution in [1.82, 2.24) is 5.32 Å². The molecule has 0 bridgehead atoms. The van der Waals surface area contributed by atoms with Crippen molar-refractivity contribution in [3.63, 3.8) is 0 Å². The van der Waals surface area contributed by atoms with Gasteiger partial charge in [0.05, 0.1) is 11.3 Å². The third kappa shape index (κ3) is 7.23. The van der Waals surface area contributed by atoms with Crippen LogP contribution in [0.15, 0.2) is 0 Å². The van der Waals surface area contributed by atoms with Crippen LogP contribution >= 0.6 is 0 Å². The average Bonchev–Trinajstić information content (AvgIpc) is 2.62. The molecule has 7 heteroatoms. The first-order valence-electron chi connectivity index (χ1n) is 9.33. The Labute approximate surface area is 152 Å². The quantitative estimate of drug-likeness (QED) is 0.345. The molecule has 0 radical (unpaired) electrons. The standard InChI is InChI=1S/C17H41NO4Si2/c1-9-11-12-13-14-15-17(24(8,21-5)22-6)18-16(10-2)23(7,19-3)20-4/h16-18H,9-15H2,1-8H3. The van der Waals surface area contributed by atoms with Crippen LogP contribution in [0.25, 0.3) is 0 Å². The van der Waals surface area contributed by atoms with E-state index < -0.39 is 17.1 Å². The second-order valence-corrected chi connectivity index (χ2v) is 13.8. The van der Waals surface area contributed by atoms with Crippen molar-refractivity contribution in [2.24, 2.45) is 0 Å². The van der Waals surface area contributed by atoms with E-state index in [1.54, 1.807) is 28.4 Å². The average molecular weight is 380 g/mol. The van der Waals surface area contributed by atoms with Crippen molar-refractivity contribution in [2.75, 3.05) is 28.4 Å². The summed E-state index contributed by atoms with van der Waals surface area (Å²) in [6.45, 7) is 8.68. The first kappa shape index (κ1) is 24.2. The molecule has 2 unspecified atom stereocenters. The summed E-state index contributed by atoms with van der Waals surface area (Å²) in [7, 11) is 2.51. The zero-order valence-electron chi connectivity index (χ0n) is 17.2. The normalized spacial score (nSPS) is 15.5. The van der Waals surface area contributed by atoms with Crippen molar-refractivity contribution in [3.05, 3.63) is 0 Å². The highest BCUT2D eigenvalue weighted by molar-refractivity contribution is 6.69. The second kappa shape index (κ2) is 12.6. The van der Waals surface area contributed by atoms with Gasteiger partial charge in [0.1, 0.15) is 0 Å². The van der Waals surface area contributed by atoms with Gasteiger partial charge in [-0.1, -0.05) is 46.0 Å². The van der Waals surface area contributed by atoms with Crippen LogP contribution in [0.1, 0.15) is 58.8 Å². The highest BCUT2D eigenvalue weighted by Crippen LogP contribution is 2.22. The lowest BCUT2D eigenvalue weighted by atomic mass is 10.1. The van der Waals surface area contributed by atoms with Gasteiger partial charge in [-0.25, -0.2) is 0 Å². The molecule has 0 rings (SSSR count). The third-order valence-corrected chi connectivity index (χ3v) is 12.1. The molecule has 1 N–H and O–H groups in total. The Bertz CT molecular complexity index is 313. The molecule has 0 heterocycles. The molecule has 0 aliphatic carbocycles. The molecule has 0 aliphatic heterocycles. The van der Waals surface area contributed by atoms with Crippen molar-refractivity contribution in [3.8, 4) is 0 Å². The summed E-state index contributed by atoms with van der Waals surface area (Å²) in [4.78, 5) is 0. The van der Waals surface area contributed by atoms with Gasteiger partial charge in [-0.2, -0.15) is 0 Å². The van der Waals surface area contributed by atoms with Gasteiger partial charge in [-0.3, -0.25) is 0 Å². The number of nitrogens with one attached hydrogen (secondary N) is 1. The Morgan fingerprint density at radius 3 is 1.58 bits per heavy atom. The molecule has 0 aliphatic rings. The van der Waals surface area contributed by atoms with Crippen LogP contribution in [0, 0.1) is 0 Å². The van der Waals surface area contributed by atoms with Crippen molar-refractivity contribution in [1.29, 1.82) is 0 Å². The number of rotatable bonds is 15. The predicted molar refractivity (Wildman–Crippen MR) is 106 cm³/mol. The van der Waals surface area contributed by atoms with Crippen LogP contribution in [0.3, 0.4) is 0 Å². The fourth-order valence-corrected chi connectivity index (χ4v) is 7.18. The number of unbranched alkanes of at least 4 members (excludes halogenated alkanes) is 4. The molecule has 0 fully saturated rings. The lowest BCUT2D eigenvalue weighted by Gasteiger charge is -2.39. The third-order valence-electron chi connectivity index (χ3n) is 5.29.